The lowest BCUT2D eigenvalue weighted by atomic mass is 10.1. The summed E-state index contributed by atoms with van der Waals surface area (Å²) in [6, 6.07) is 7.73. The minimum atomic E-state index is -0.0880. The van der Waals surface area contributed by atoms with Crippen molar-refractivity contribution in [2.75, 3.05) is 0 Å². The summed E-state index contributed by atoms with van der Waals surface area (Å²) in [5.74, 6) is -0.0880. The Morgan fingerprint density at radius 1 is 1.41 bits per heavy atom. The van der Waals surface area contributed by atoms with E-state index in [0.29, 0.717) is 6.42 Å². The zero-order valence-corrected chi connectivity index (χ0v) is 11.2. The topological polar surface area (TPSA) is 38.3 Å². The summed E-state index contributed by atoms with van der Waals surface area (Å²) in [4.78, 5) is 17.0. The van der Waals surface area contributed by atoms with Gasteiger partial charge in [0.15, 0.2) is 0 Å². The Balaban J connectivity index is 1.76. The normalized spacial score (nSPS) is 16.1. The molecule has 1 N–H and O–H groups in total. The molecule has 4 heteroatoms. The van der Waals surface area contributed by atoms with Crippen LogP contribution in [0, 0.1) is 0 Å². The van der Waals surface area contributed by atoms with Crippen molar-refractivity contribution in [3.63, 3.8) is 0 Å². The number of benzene rings is 1. The molecule has 0 spiro atoms. The maximum absolute atomic E-state index is 11.6. The van der Waals surface area contributed by atoms with E-state index in [4.69, 9.17) is 4.84 Å². The number of halogens is 1. The van der Waals surface area contributed by atoms with Crippen molar-refractivity contribution < 1.29 is 9.63 Å². The Labute approximate surface area is 110 Å². The molecule has 1 fully saturated rings. The third-order valence-corrected chi connectivity index (χ3v) is 3.39. The first kappa shape index (κ1) is 12.6. The Morgan fingerprint density at radius 2 is 2.18 bits per heavy atom. The van der Waals surface area contributed by atoms with Gasteiger partial charge in [-0.25, -0.2) is 5.48 Å². The molecule has 92 valence electrons. The molecule has 1 aliphatic rings. The minimum absolute atomic E-state index is 0.0880. The fraction of sp³-hybridized carbons (Fsp3) is 0.462. The third kappa shape index (κ3) is 4.13. The average Bonchev–Trinajstić information content (AvgIpc) is 2.79. The zero-order chi connectivity index (χ0) is 12.1. The second-order valence-electron chi connectivity index (χ2n) is 4.36. The predicted octanol–water partition coefficient (Wildman–Crippen LogP) is 2.98. The monoisotopic (exact) mass is 297 g/mol. The maximum Gasteiger partial charge on any atom is 0.247 e. The molecule has 0 unspecified atom stereocenters. The Kier molecular flexibility index (Phi) is 4.57. The molecule has 1 saturated carbocycles. The van der Waals surface area contributed by atoms with E-state index in [9.17, 15) is 4.79 Å². The molecule has 17 heavy (non-hydrogen) atoms. The van der Waals surface area contributed by atoms with Crippen molar-refractivity contribution in [1.29, 1.82) is 0 Å². The van der Waals surface area contributed by atoms with E-state index in [1.165, 1.54) is 12.8 Å². The van der Waals surface area contributed by atoms with E-state index >= 15 is 0 Å². The van der Waals surface area contributed by atoms with Crippen molar-refractivity contribution in [1.82, 2.24) is 5.48 Å². The summed E-state index contributed by atoms with van der Waals surface area (Å²) in [6.45, 7) is 0. The van der Waals surface area contributed by atoms with Crippen molar-refractivity contribution in [3.05, 3.63) is 34.3 Å². The van der Waals surface area contributed by atoms with Crippen LogP contribution in [0.25, 0.3) is 0 Å². The highest BCUT2D eigenvalue weighted by atomic mass is 79.9. The number of carbonyl (C=O) groups excluding carboxylic acids is 1. The molecule has 0 radical (unpaired) electrons. The van der Waals surface area contributed by atoms with Gasteiger partial charge in [-0.1, -0.05) is 40.9 Å². The SMILES string of the molecule is O=C(Cc1cccc(Br)c1)NOC1CCCC1. The van der Waals surface area contributed by atoms with Crippen molar-refractivity contribution in [2.45, 2.75) is 38.2 Å². The first-order valence-corrected chi connectivity index (χ1v) is 6.72. The number of hydroxylamine groups is 1. The van der Waals surface area contributed by atoms with Gasteiger partial charge < -0.3 is 0 Å². The van der Waals surface area contributed by atoms with Crippen LogP contribution in [0.5, 0.6) is 0 Å². The molecule has 1 aliphatic carbocycles. The minimum Gasteiger partial charge on any atom is -0.272 e. The zero-order valence-electron chi connectivity index (χ0n) is 9.62. The number of rotatable bonds is 4. The van der Waals surface area contributed by atoms with Gasteiger partial charge in [0.1, 0.15) is 0 Å². The van der Waals surface area contributed by atoms with Gasteiger partial charge in [0.25, 0.3) is 0 Å². The summed E-state index contributed by atoms with van der Waals surface area (Å²) in [6.07, 6.45) is 5.07. The van der Waals surface area contributed by atoms with Gasteiger partial charge >= 0.3 is 0 Å². The van der Waals surface area contributed by atoms with Gasteiger partial charge in [0.2, 0.25) is 5.91 Å². The fourth-order valence-corrected chi connectivity index (χ4v) is 2.47. The lowest BCUT2D eigenvalue weighted by Gasteiger charge is -2.11. The van der Waals surface area contributed by atoms with E-state index in [1.807, 2.05) is 24.3 Å². The van der Waals surface area contributed by atoms with Gasteiger partial charge in [-0.15, -0.1) is 0 Å². The van der Waals surface area contributed by atoms with Crippen LogP contribution in [0.4, 0.5) is 0 Å². The number of hydrogen-bond acceptors (Lipinski definition) is 2. The Bertz CT molecular complexity index is 389. The second-order valence-corrected chi connectivity index (χ2v) is 5.27. The van der Waals surface area contributed by atoms with Crippen LogP contribution in [-0.2, 0) is 16.1 Å². The van der Waals surface area contributed by atoms with Crippen LogP contribution in [-0.4, -0.2) is 12.0 Å². The van der Waals surface area contributed by atoms with E-state index in [2.05, 4.69) is 21.4 Å². The quantitative estimate of drug-likeness (QED) is 0.868. The number of amides is 1. The maximum atomic E-state index is 11.6. The van der Waals surface area contributed by atoms with Crippen molar-refractivity contribution in [2.24, 2.45) is 0 Å². The van der Waals surface area contributed by atoms with E-state index < -0.39 is 0 Å². The molecule has 1 aromatic carbocycles. The van der Waals surface area contributed by atoms with Gasteiger partial charge in [0, 0.05) is 4.47 Å². The molecule has 0 aromatic heterocycles. The smallest absolute Gasteiger partial charge is 0.247 e. The summed E-state index contributed by atoms with van der Waals surface area (Å²) >= 11 is 3.38. The average molecular weight is 298 g/mol. The fourth-order valence-electron chi connectivity index (χ4n) is 2.02. The summed E-state index contributed by atoms with van der Waals surface area (Å²) in [5, 5.41) is 0. The molecule has 1 aromatic rings. The molecule has 3 nitrogen and oxygen atoms in total. The first-order valence-electron chi connectivity index (χ1n) is 5.93. The lowest BCUT2D eigenvalue weighted by Crippen LogP contribution is -2.29. The van der Waals surface area contributed by atoms with Crippen LogP contribution in [0.3, 0.4) is 0 Å². The van der Waals surface area contributed by atoms with Crippen LogP contribution in [0.2, 0.25) is 0 Å². The van der Waals surface area contributed by atoms with Crippen molar-refractivity contribution >= 4 is 21.8 Å². The molecule has 0 bridgehead atoms. The third-order valence-electron chi connectivity index (χ3n) is 2.90. The molecule has 0 heterocycles. The highest BCUT2D eigenvalue weighted by Gasteiger charge is 2.16. The van der Waals surface area contributed by atoms with Crippen LogP contribution in [0.15, 0.2) is 28.7 Å². The molecule has 0 atom stereocenters. The van der Waals surface area contributed by atoms with Gasteiger partial charge in [-0.3, -0.25) is 9.63 Å². The molecule has 0 aliphatic heterocycles. The number of carbonyl (C=O) groups is 1. The number of hydrogen-bond donors (Lipinski definition) is 1. The molecular formula is C13H16BrNO2. The lowest BCUT2D eigenvalue weighted by molar-refractivity contribution is -0.137. The molecule has 0 saturated heterocycles. The summed E-state index contributed by atoms with van der Waals surface area (Å²) < 4.78 is 0.986. The second kappa shape index (κ2) is 6.17. The standard InChI is InChI=1S/C13H16BrNO2/c14-11-5-3-4-10(8-11)9-13(16)15-17-12-6-1-2-7-12/h3-5,8,12H,1-2,6-7,9H2,(H,15,16). The Hall–Kier alpha value is -0.870. The van der Waals surface area contributed by atoms with Crippen LogP contribution < -0.4 is 5.48 Å². The first-order chi connectivity index (χ1) is 8.24. The predicted molar refractivity (Wildman–Crippen MR) is 69.3 cm³/mol. The molecular weight excluding hydrogens is 282 g/mol. The summed E-state index contributed by atoms with van der Waals surface area (Å²) in [7, 11) is 0. The summed E-state index contributed by atoms with van der Waals surface area (Å²) in [5.41, 5.74) is 3.52. The molecule has 1 amide bonds. The molecule has 2 rings (SSSR count). The van der Waals surface area contributed by atoms with E-state index in [0.717, 1.165) is 22.9 Å². The van der Waals surface area contributed by atoms with Crippen LogP contribution >= 0.6 is 15.9 Å². The Morgan fingerprint density at radius 3 is 2.88 bits per heavy atom. The van der Waals surface area contributed by atoms with Crippen LogP contribution in [0.1, 0.15) is 31.2 Å². The van der Waals surface area contributed by atoms with Gasteiger partial charge in [0.05, 0.1) is 12.5 Å². The van der Waals surface area contributed by atoms with E-state index in [1.54, 1.807) is 0 Å². The van der Waals surface area contributed by atoms with Gasteiger partial charge in [-0.2, -0.15) is 0 Å². The van der Waals surface area contributed by atoms with Gasteiger partial charge in [-0.05, 0) is 30.5 Å². The highest BCUT2D eigenvalue weighted by Crippen LogP contribution is 2.19. The van der Waals surface area contributed by atoms with Crippen molar-refractivity contribution in [3.8, 4) is 0 Å². The van der Waals surface area contributed by atoms with E-state index in [-0.39, 0.29) is 12.0 Å². The number of nitrogens with one attached hydrogen (secondary N) is 1. The highest BCUT2D eigenvalue weighted by molar-refractivity contribution is 9.10. The largest absolute Gasteiger partial charge is 0.272 e.